The maximum atomic E-state index is 9.97. The van der Waals surface area contributed by atoms with E-state index in [1.54, 1.807) is 0 Å². The summed E-state index contributed by atoms with van der Waals surface area (Å²) in [6, 6.07) is 13.2. The molecule has 2 aromatic rings. The summed E-state index contributed by atoms with van der Waals surface area (Å²) >= 11 is 3.62. The van der Waals surface area contributed by atoms with Crippen molar-refractivity contribution in [2.75, 3.05) is 26.2 Å². The highest BCUT2D eigenvalue weighted by Gasteiger charge is 2.32. The monoisotopic (exact) mass is 427 g/mol. The minimum Gasteiger partial charge on any atom is -0.328 e. The Morgan fingerprint density at radius 1 is 1.11 bits per heavy atom. The van der Waals surface area contributed by atoms with Gasteiger partial charge in [0.2, 0.25) is 0 Å². The molecule has 2 fully saturated rings. The van der Waals surface area contributed by atoms with Crippen LogP contribution < -0.4 is 0 Å². The van der Waals surface area contributed by atoms with E-state index in [9.17, 15) is 5.26 Å². The first kappa shape index (κ1) is 18.7. The van der Waals surface area contributed by atoms with Crippen LogP contribution in [0, 0.1) is 11.3 Å². The molecule has 1 atom stereocenters. The number of benzene rings is 1. The summed E-state index contributed by atoms with van der Waals surface area (Å²) in [5, 5.41) is 9.97. The number of imidazole rings is 1. The highest BCUT2D eigenvalue weighted by molar-refractivity contribution is 9.10. The number of hydrogen-bond donors (Lipinski definition) is 0. The molecule has 1 unspecified atom stereocenters. The van der Waals surface area contributed by atoms with Crippen LogP contribution >= 0.6 is 15.9 Å². The SMILES string of the molecule is Cn1c(-c2ccccc2)nc(Br)c1C(C#N)N1CCN(C2CCCC2)CC1. The van der Waals surface area contributed by atoms with Crippen LogP contribution in [0.25, 0.3) is 11.4 Å². The smallest absolute Gasteiger partial charge is 0.141 e. The maximum absolute atomic E-state index is 9.97. The Hall–Kier alpha value is -1.68. The van der Waals surface area contributed by atoms with Gasteiger partial charge in [0.1, 0.15) is 16.5 Å². The van der Waals surface area contributed by atoms with Crippen molar-refractivity contribution in [3.8, 4) is 17.5 Å². The van der Waals surface area contributed by atoms with Crippen molar-refractivity contribution >= 4 is 15.9 Å². The molecule has 1 aromatic heterocycles. The minimum atomic E-state index is -0.278. The molecule has 2 aliphatic rings. The van der Waals surface area contributed by atoms with Gasteiger partial charge in [-0.3, -0.25) is 9.80 Å². The molecule has 1 aliphatic carbocycles. The Labute approximate surface area is 169 Å². The summed E-state index contributed by atoms with van der Waals surface area (Å²) in [7, 11) is 2.01. The zero-order valence-corrected chi connectivity index (χ0v) is 17.4. The number of nitriles is 1. The van der Waals surface area contributed by atoms with Crippen LogP contribution in [0.2, 0.25) is 0 Å². The Balaban J connectivity index is 1.53. The van der Waals surface area contributed by atoms with Gasteiger partial charge in [-0.2, -0.15) is 5.26 Å². The van der Waals surface area contributed by atoms with E-state index in [-0.39, 0.29) is 6.04 Å². The van der Waals surface area contributed by atoms with Crippen molar-refractivity contribution in [1.29, 1.82) is 5.26 Å². The van der Waals surface area contributed by atoms with E-state index in [2.05, 4.69) is 48.5 Å². The van der Waals surface area contributed by atoms with E-state index in [0.29, 0.717) is 0 Å². The summed E-state index contributed by atoms with van der Waals surface area (Å²) in [5.74, 6) is 0.891. The molecule has 0 amide bonds. The van der Waals surface area contributed by atoms with Crippen LogP contribution in [0.1, 0.15) is 37.4 Å². The Morgan fingerprint density at radius 2 is 1.78 bits per heavy atom. The summed E-state index contributed by atoms with van der Waals surface area (Å²) < 4.78 is 2.84. The molecule has 0 spiro atoms. The quantitative estimate of drug-likeness (QED) is 0.740. The van der Waals surface area contributed by atoms with E-state index >= 15 is 0 Å². The molecular formula is C21H26BrN5. The molecule has 1 aliphatic heterocycles. The third kappa shape index (κ3) is 3.69. The van der Waals surface area contributed by atoms with Gasteiger partial charge in [0.25, 0.3) is 0 Å². The van der Waals surface area contributed by atoms with Crippen molar-refractivity contribution in [3.05, 3.63) is 40.6 Å². The van der Waals surface area contributed by atoms with Crippen LogP contribution in [-0.2, 0) is 7.05 Å². The molecule has 0 radical (unpaired) electrons. The molecule has 6 heteroatoms. The Morgan fingerprint density at radius 3 is 2.41 bits per heavy atom. The summed E-state index contributed by atoms with van der Waals surface area (Å²) in [6.07, 6.45) is 5.43. The first-order chi connectivity index (χ1) is 13.2. The summed E-state index contributed by atoms with van der Waals surface area (Å²) in [6.45, 7) is 3.99. The third-order valence-corrected chi connectivity index (χ3v) is 6.65. The van der Waals surface area contributed by atoms with Crippen LogP contribution in [0.3, 0.4) is 0 Å². The van der Waals surface area contributed by atoms with E-state index in [4.69, 9.17) is 4.98 Å². The minimum absolute atomic E-state index is 0.278. The lowest BCUT2D eigenvalue weighted by Crippen LogP contribution is -2.50. The number of aromatic nitrogens is 2. The number of rotatable bonds is 4. The lowest BCUT2D eigenvalue weighted by molar-refractivity contribution is 0.0822. The molecule has 142 valence electrons. The van der Waals surface area contributed by atoms with Crippen molar-refractivity contribution < 1.29 is 0 Å². The standard InChI is InChI=1S/C21H26BrN5/c1-25-19(20(22)24-21(25)16-7-3-2-4-8-16)18(15-23)27-13-11-26(12-14-27)17-9-5-6-10-17/h2-4,7-8,17-18H,5-6,9-14H2,1H3. The van der Waals surface area contributed by atoms with Gasteiger partial charge in [0.15, 0.2) is 0 Å². The molecular weight excluding hydrogens is 402 g/mol. The van der Waals surface area contributed by atoms with Crippen LogP contribution in [0.15, 0.2) is 34.9 Å². The highest BCUT2D eigenvalue weighted by Crippen LogP contribution is 2.33. The average molecular weight is 428 g/mol. The molecule has 1 saturated heterocycles. The molecule has 4 rings (SSSR count). The average Bonchev–Trinajstić information content (AvgIpc) is 3.34. The van der Waals surface area contributed by atoms with E-state index < -0.39 is 0 Å². The third-order valence-electron chi connectivity index (χ3n) is 6.06. The molecule has 0 bridgehead atoms. The largest absolute Gasteiger partial charge is 0.328 e. The number of hydrogen-bond acceptors (Lipinski definition) is 4. The Kier molecular flexibility index (Phi) is 5.63. The molecule has 0 N–H and O–H groups in total. The summed E-state index contributed by atoms with van der Waals surface area (Å²) in [5.41, 5.74) is 2.01. The number of nitrogens with zero attached hydrogens (tertiary/aromatic N) is 5. The second kappa shape index (κ2) is 8.14. The van der Waals surface area contributed by atoms with Gasteiger partial charge < -0.3 is 4.57 Å². The normalized spacial score (nSPS) is 20.6. The molecule has 5 nitrogen and oxygen atoms in total. The van der Waals surface area contributed by atoms with Crippen molar-refractivity contribution in [2.24, 2.45) is 7.05 Å². The summed E-state index contributed by atoms with van der Waals surface area (Å²) in [4.78, 5) is 9.65. The predicted octanol–water partition coefficient (Wildman–Crippen LogP) is 3.97. The number of halogens is 1. The second-order valence-electron chi connectivity index (χ2n) is 7.58. The van der Waals surface area contributed by atoms with Gasteiger partial charge in [0, 0.05) is 44.8 Å². The molecule has 27 heavy (non-hydrogen) atoms. The topological polar surface area (TPSA) is 48.1 Å². The van der Waals surface area contributed by atoms with E-state index in [0.717, 1.165) is 53.9 Å². The van der Waals surface area contributed by atoms with E-state index in [1.807, 2.05) is 25.2 Å². The lowest BCUT2D eigenvalue weighted by atomic mass is 10.1. The van der Waals surface area contributed by atoms with Crippen LogP contribution in [-0.4, -0.2) is 51.6 Å². The molecule has 2 heterocycles. The number of piperazine rings is 1. The van der Waals surface area contributed by atoms with Crippen LogP contribution in [0.5, 0.6) is 0 Å². The lowest BCUT2D eigenvalue weighted by Gasteiger charge is -2.39. The van der Waals surface area contributed by atoms with Gasteiger partial charge in [-0.05, 0) is 28.8 Å². The predicted molar refractivity (Wildman–Crippen MR) is 110 cm³/mol. The first-order valence-electron chi connectivity index (χ1n) is 9.84. The zero-order valence-electron chi connectivity index (χ0n) is 15.8. The fourth-order valence-electron chi connectivity index (χ4n) is 4.57. The van der Waals surface area contributed by atoms with Crippen molar-refractivity contribution in [2.45, 2.75) is 37.8 Å². The highest BCUT2D eigenvalue weighted by atomic mass is 79.9. The van der Waals surface area contributed by atoms with Crippen molar-refractivity contribution in [1.82, 2.24) is 19.4 Å². The van der Waals surface area contributed by atoms with Gasteiger partial charge in [-0.15, -0.1) is 0 Å². The molecule has 1 aromatic carbocycles. The van der Waals surface area contributed by atoms with Gasteiger partial charge in [-0.25, -0.2) is 4.98 Å². The second-order valence-corrected chi connectivity index (χ2v) is 8.33. The maximum Gasteiger partial charge on any atom is 0.141 e. The molecule has 1 saturated carbocycles. The fraction of sp³-hybridized carbons (Fsp3) is 0.524. The van der Waals surface area contributed by atoms with E-state index in [1.165, 1.54) is 25.7 Å². The van der Waals surface area contributed by atoms with Gasteiger partial charge in [-0.1, -0.05) is 43.2 Å². The fourth-order valence-corrected chi connectivity index (χ4v) is 5.22. The van der Waals surface area contributed by atoms with Crippen LogP contribution in [0.4, 0.5) is 0 Å². The Bertz CT molecular complexity index is 811. The van der Waals surface area contributed by atoms with Crippen molar-refractivity contribution in [3.63, 3.8) is 0 Å². The first-order valence-corrected chi connectivity index (χ1v) is 10.6. The van der Waals surface area contributed by atoms with Gasteiger partial charge >= 0.3 is 0 Å². The zero-order chi connectivity index (χ0) is 18.8. The van der Waals surface area contributed by atoms with Gasteiger partial charge in [0.05, 0.1) is 11.8 Å².